The molecule has 0 aliphatic rings. The third kappa shape index (κ3) is 5.20. The van der Waals surface area contributed by atoms with Gasteiger partial charge in [0.25, 0.3) is 5.91 Å². The second-order valence-corrected chi connectivity index (χ2v) is 7.58. The fraction of sp³-hybridized carbons (Fsp3) is 0.353. The lowest BCUT2D eigenvalue weighted by molar-refractivity contribution is -0.113. The summed E-state index contributed by atoms with van der Waals surface area (Å²) in [5.41, 5.74) is 7.02. The summed E-state index contributed by atoms with van der Waals surface area (Å²) in [4.78, 5) is 45.3. The molecule has 0 spiro atoms. The Balaban J connectivity index is 2.20. The van der Waals surface area contributed by atoms with Gasteiger partial charge in [-0.25, -0.2) is 14.8 Å². The Morgan fingerprint density at radius 3 is 2.61 bits per heavy atom. The lowest BCUT2D eigenvalue weighted by atomic mass is 10.1. The van der Waals surface area contributed by atoms with E-state index in [1.807, 2.05) is 0 Å². The summed E-state index contributed by atoms with van der Waals surface area (Å²) in [5.74, 6) is -0.971. The van der Waals surface area contributed by atoms with E-state index in [1.165, 1.54) is 7.05 Å². The van der Waals surface area contributed by atoms with Crippen molar-refractivity contribution in [2.45, 2.75) is 25.9 Å². The molecule has 0 saturated heterocycles. The van der Waals surface area contributed by atoms with Crippen LogP contribution >= 0.6 is 23.1 Å². The summed E-state index contributed by atoms with van der Waals surface area (Å²) in [7, 11) is 1.49. The molecule has 0 aromatic carbocycles. The maximum Gasteiger partial charge on any atom is 0.341 e. The highest BCUT2D eigenvalue weighted by atomic mass is 32.2. The number of nitrogens with one attached hydrogen (secondary N) is 2. The van der Waals surface area contributed by atoms with Crippen LogP contribution in [0.3, 0.4) is 0 Å². The fourth-order valence-electron chi connectivity index (χ4n) is 2.30. The van der Waals surface area contributed by atoms with E-state index in [9.17, 15) is 14.4 Å². The van der Waals surface area contributed by atoms with E-state index in [2.05, 4.69) is 20.6 Å². The minimum absolute atomic E-state index is 0.0113. The number of aryl methyl sites for hydroxylation is 1. The first-order valence-corrected chi connectivity index (χ1v) is 10.1. The van der Waals surface area contributed by atoms with Gasteiger partial charge in [0.2, 0.25) is 5.91 Å². The third-order valence-electron chi connectivity index (χ3n) is 3.50. The number of amides is 2. The van der Waals surface area contributed by atoms with Gasteiger partial charge in [0, 0.05) is 18.8 Å². The Morgan fingerprint density at radius 2 is 2.00 bits per heavy atom. The molecule has 2 aromatic rings. The molecule has 150 valence electrons. The highest BCUT2D eigenvalue weighted by Crippen LogP contribution is 2.34. The molecule has 9 nitrogen and oxygen atoms in total. The van der Waals surface area contributed by atoms with Crippen molar-refractivity contribution in [3.63, 3.8) is 0 Å². The number of hydrogen-bond acceptors (Lipinski definition) is 9. The molecule has 28 heavy (non-hydrogen) atoms. The number of nitrogen functional groups attached to an aromatic ring is 1. The van der Waals surface area contributed by atoms with Crippen LogP contribution in [0.15, 0.2) is 11.2 Å². The topological polar surface area (TPSA) is 136 Å². The van der Waals surface area contributed by atoms with Crippen LogP contribution in [0.1, 0.15) is 38.2 Å². The summed E-state index contributed by atoms with van der Waals surface area (Å²) >= 11 is 2.14. The van der Waals surface area contributed by atoms with Crippen molar-refractivity contribution >= 4 is 51.7 Å². The van der Waals surface area contributed by atoms with E-state index in [1.54, 1.807) is 26.8 Å². The third-order valence-corrected chi connectivity index (χ3v) is 5.55. The van der Waals surface area contributed by atoms with Crippen molar-refractivity contribution in [3.05, 3.63) is 27.8 Å². The van der Waals surface area contributed by atoms with Crippen molar-refractivity contribution < 1.29 is 19.1 Å². The average molecular weight is 424 g/mol. The first kappa shape index (κ1) is 21.6. The normalized spacial score (nSPS) is 10.4. The molecule has 2 aromatic heterocycles. The Morgan fingerprint density at radius 1 is 1.29 bits per heavy atom. The molecule has 0 unspecified atom stereocenters. The number of nitrogens with zero attached hydrogens (tertiary/aromatic N) is 2. The Bertz CT molecular complexity index is 893. The number of carbonyl (C=O) groups excluding carboxylic acids is 3. The molecule has 0 bridgehead atoms. The number of esters is 1. The summed E-state index contributed by atoms with van der Waals surface area (Å²) in [6.45, 7) is 5.28. The number of carbonyl (C=O) groups is 3. The van der Waals surface area contributed by atoms with Gasteiger partial charge in [-0.15, -0.1) is 11.3 Å². The summed E-state index contributed by atoms with van der Waals surface area (Å²) in [6, 6.07) is 1.63. The van der Waals surface area contributed by atoms with Crippen LogP contribution < -0.4 is 16.4 Å². The van der Waals surface area contributed by atoms with Crippen molar-refractivity contribution in [2.24, 2.45) is 0 Å². The monoisotopic (exact) mass is 423 g/mol. The maximum absolute atomic E-state index is 12.4. The fourth-order valence-corrected chi connectivity index (χ4v) is 4.17. The molecule has 0 aliphatic carbocycles. The molecule has 2 heterocycles. The second kappa shape index (κ2) is 9.51. The predicted octanol–water partition coefficient (Wildman–Crippen LogP) is 2.00. The molecule has 0 atom stereocenters. The minimum atomic E-state index is -0.593. The van der Waals surface area contributed by atoms with E-state index < -0.39 is 5.97 Å². The number of aromatic nitrogens is 2. The van der Waals surface area contributed by atoms with Gasteiger partial charge in [0.05, 0.1) is 22.8 Å². The van der Waals surface area contributed by atoms with Gasteiger partial charge in [0.1, 0.15) is 10.8 Å². The second-order valence-electron chi connectivity index (χ2n) is 5.61. The smallest absolute Gasteiger partial charge is 0.341 e. The summed E-state index contributed by atoms with van der Waals surface area (Å²) in [6.07, 6.45) is 0. The Labute approximate surface area is 170 Å². The molecule has 0 radical (unpaired) electrons. The standard InChI is InChI=1S/C17H21N5O4S2/c1-5-26-16(25)12-9(3)13(14(24)19-4)28-15(12)22-11(23)7-27-17-20-8(2)6-10(18)21-17/h6H,5,7H2,1-4H3,(H,19,24)(H,22,23)(H2,18,20,21). The minimum Gasteiger partial charge on any atom is -0.462 e. The summed E-state index contributed by atoms with van der Waals surface area (Å²) < 4.78 is 5.06. The number of hydrogen-bond donors (Lipinski definition) is 3. The molecule has 0 aliphatic heterocycles. The quantitative estimate of drug-likeness (QED) is 0.349. The van der Waals surface area contributed by atoms with Crippen LogP contribution in [0.25, 0.3) is 0 Å². The zero-order valence-corrected chi connectivity index (χ0v) is 17.5. The van der Waals surface area contributed by atoms with Gasteiger partial charge in [-0.2, -0.15) is 0 Å². The Kier molecular flexibility index (Phi) is 7.35. The van der Waals surface area contributed by atoms with Gasteiger partial charge < -0.3 is 21.1 Å². The van der Waals surface area contributed by atoms with Gasteiger partial charge in [-0.3, -0.25) is 9.59 Å². The van der Waals surface area contributed by atoms with Gasteiger partial charge in [0.15, 0.2) is 5.16 Å². The molecule has 2 amide bonds. The van der Waals surface area contributed by atoms with Crippen LogP contribution in [0.2, 0.25) is 0 Å². The zero-order valence-electron chi connectivity index (χ0n) is 15.9. The first-order valence-electron chi connectivity index (χ1n) is 8.33. The number of thioether (sulfide) groups is 1. The van der Waals surface area contributed by atoms with Crippen molar-refractivity contribution in [2.75, 3.05) is 30.5 Å². The average Bonchev–Trinajstić information content (AvgIpc) is 2.94. The number of rotatable bonds is 7. The van der Waals surface area contributed by atoms with Crippen LogP contribution in [0.5, 0.6) is 0 Å². The number of thiophene rings is 1. The van der Waals surface area contributed by atoms with Crippen molar-refractivity contribution in [3.8, 4) is 0 Å². The molecular weight excluding hydrogens is 402 g/mol. The van der Waals surface area contributed by atoms with Gasteiger partial charge in [-0.05, 0) is 26.3 Å². The van der Waals surface area contributed by atoms with Crippen LogP contribution in [-0.2, 0) is 9.53 Å². The number of ether oxygens (including phenoxy) is 1. The lowest BCUT2D eigenvalue weighted by Crippen LogP contribution is -2.18. The van der Waals surface area contributed by atoms with Gasteiger partial charge >= 0.3 is 5.97 Å². The number of nitrogens with two attached hydrogens (primary N) is 1. The SMILES string of the molecule is CCOC(=O)c1c(NC(=O)CSc2nc(C)cc(N)n2)sc(C(=O)NC)c1C. The van der Waals surface area contributed by atoms with Crippen molar-refractivity contribution in [1.29, 1.82) is 0 Å². The predicted molar refractivity (Wildman–Crippen MR) is 109 cm³/mol. The first-order chi connectivity index (χ1) is 13.3. The van der Waals surface area contributed by atoms with E-state index in [4.69, 9.17) is 10.5 Å². The van der Waals surface area contributed by atoms with Crippen LogP contribution in [-0.4, -0.2) is 47.2 Å². The van der Waals surface area contributed by atoms with Gasteiger partial charge in [-0.1, -0.05) is 11.8 Å². The highest BCUT2D eigenvalue weighted by molar-refractivity contribution is 7.99. The van der Waals surface area contributed by atoms with E-state index in [0.29, 0.717) is 27.1 Å². The van der Waals surface area contributed by atoms with E-state index in [-0.39, 0.29) is 34.7 Å². The van der Waals surface area contributed by atoms with Crippen LogP contribution in [0, 0.1) is 13.8 Å². The van der Waals surface area contributed by atoms with Crippen LogP contribution in [0.4, 0.5) is 10.8 Å². The zero-order chi connectivity index (χ0) is 20.8. The highest BCUT2D eigenvalue weighted by Gasteiger charge is 2.26. The van der Waals surface area contributed by atoms with E-state index in [0.717, 1.165) is 23.1 Å². The largest absolute Gasteiger partial charge is 0.462 e. The number of anilines is 2. The molecule has 2 rings (SSSR count). The summed E-state index contributed by atoms with van der Waals surface area (Å²) in [5, 5.41) is 5.85. The molecule has 0 fully saturated rings. The van der Waals surface area contributed by atoms with Crippen molar-refractivity contribution in [1.82, 2.24) is 15.3 Å². The maximum atomic E-state index is 12.4. The Hall–Kier alpha value is -2.66. The molecular formula is C17H21N5O4S2. The van der Waals surface area contributed by atoms with E-state index >= 15 is 0 Å². The molecule has 4 N–H and O–H groups in total. The molecule has 0 saturated carbocycles. The molecule has 11 heteroatoms. The lowest BCUT2D eigenvalue weighted by Gasteiger charge is -2.07.